The van der Waals surface area contributed by atoms with Gasteiger partial charge in [-0.2, -0.15) is 4.98 Å². The number of nitrogens with zero attached hydrogens (tertiary/aromatic N) is 6. The second-order valence-corrected chi connectivity index (χ2v) is 6.58. The van der Waals surface area contributed by atoms with Crippen LogP contribution in [0.3, 0.4) is 0 Å². The van der Waals surface area contributed by atoms with Crippen molar-refractivity contribution in [3.63, 3.8) is 0 Å². The molecular formula is C19H24N6O. The minimum absolute atomic E-state index is 0.566. The summed E-state index contributed by atoms with van der Waals surface area (Å²) in [7, 11) is 1.90. The Morgan fingerprint density at radius 3 is 2.46 bits per heavy atom. The Morgan fingerprint density at radius 1 is 1.04 bits per heavy atom. The van der Waals surface area contributed by atoms with Crippen molar-refractivity contribution in [3.8, 4) is 5.75 Å². The molecule has 0 amide bonds. The van der Waals surface area contributed by atoms with E-state index in [1.807, 2.05) is 44.3 Å². The molecule has 2 aliphatic heterocycles. The van der Waals surface area contributed by atoms with Crippen molar-refractivity contribution in [1.29, 1.82) is 0 Å². The first-order valence-corrected chi connectivity index (χ1v) is 9.07. The highest BCUT2D eigenvalue weighted by atomic mass is 16.5. The van der Waals surface area contributed by atoms with Gasteiger partial charge in [-0.1, -0.05) is 25.1 Å². The van der Waals surface area contributed by atoms with Gasteiger partial charge < -0.3 is 14.5 Å². The minimum atomic E-state index is 0.566. The number of rotatable bonds is 3. The number of benzene rings is 1. The Morgan fingerprint density at radius 2 is 1.77 bits per heavy atom. The van der Waals surface area contributed by atoms with Gasteiger partial charge in [-0.3, -0.25) is 0 Å². The zero-order chi connectivity index (χ0) is 18.1. The fraction of sp³-hybridized carbons (Fsp3) is 0.421. The quantitative estimate of drug-likeness (QED) is 0.843. The summed E-state index contributed by atoms with van der Waals surface area (Å²) in [6.07, 6.45) is 0. The lowest BCUT2D eigenvalue weighted by Gasteiger charge is -2.35. The molecule has 7 nitrogen and oxygen atoms in total. The average molecular weight is 352 g/mol. The van der Waals surface area contributed by atoms with Gasteiger partial charge in [-0.15, -0.1) is 5.10 Å². The number of piperazine rings is 1. The zero-order valence-corrected chi connectivity index (χ0v) is 15.5. The van der Waals surface area contributed by atoms with Crippen LogP contribution in [0.1, 0.15) is 18.2 Å². The summed E-state index contributed by atoms with van der Waals surface area (Å²) in [4.78, 5) is 14.1. The summed E-state index contributed by atoms with van der Waals surface area (Å²) in [5, 5.41) is 6.34. The number of aryl methyl sites for hydroxylation is 1. The fourth-order valence-corrected chi connectivity index (χ4v) is 3.28. The topological polar surface area (TPSA) is 57.1 Å². The van der Waals surface area contributed by atoms with E-state index in [4.69, 9.17) is 14.7 Å². The number of ether oxygens (including phenoxy) is 1. The van der Waals surface area contributed by atoms with Gasteiger partial charge in [0.1, 0.15) is 0 Å². The van der Waals surface area contributed by atoms with Crippen molar-refractivity contribution in [1.82, 2.24) is 14.9 Å². The number of fused-ring (bicyclic) bond motifs is 1. The van der Waals surface area contributed by atoms with Gasteiger partial charge >= 0.3 is 0 Å². The van der Waals surface area contributed by atoms with Crippen molar-refractivity contribution < 1.29 is 4.74 Å². The molecule has 7 heteroatoms. The van der Waals surface area contributed by atoms with Gasteiger partial charge in [0.2, 0.25) is 11.8 Å². The third-order valence-corrected chi connectivity index (χ3v) is 4.87. The maximum atomic E-state index is 6.05. The lowest BCUT2D eigenvalue weighted by molar-refractivity contribution is 0.270. The van der Waals surface area contributed by atoms with Crippen molar-refractivity contribution in [2.75, 3.05) is 49.7 Å². The lowest BCUT2D eigenvalue weighted by atomic mass is 10.2. The highest BCUT2D eigenvalue weighted by Gasteiger charge is 2.27. The normalized spacial score (nSPS) is 17.6. The van der Waals surface area contributed by atoms with Crippen LogP contribution >= 0.6 is 0 Å². The Bertz CT molecular complexity index is 814. The standard InChI is InChI=1S/C19H24N6O/c1-4-24-10-12-25(13-11-24)19-20-14(2)16-17(21-19)23(3)22-18(26-16)15-8-6-5-7-9-15/h5-9H,4,10-13H2,1-3H3. The highest BCUT2D eigenvalue weighted by Crippen LogP contribution is 2.34. The van der Waals surface area contributed by atoms with Crippen LogP contribution in [0.4, 0.5) is 11.8 Å². The summed E-state index contributed by atoms with van der Waals surface area (Å²) >= 11 is 0. The van der Waals surface area contributed by atoms with Crippen molar-refractivity contribution >= 4 is 17.7 Å². The van der Waals surface area contributed by atoms with E-state index in [1.165, 1.54) is 0 Å². The third-order valence-electron chi connectivity index (χ3n) is 4.87. The molecule has 0 N–H and O–H groups in total. The molecule has 1 aromatic heterocycles. The number of hydrogen-bond donors (Lipinski definition) is 0. The second-order valence-electron chi connectivity index (χ2n) is 6.58. The molecule has 26 heavy (non-hydrogen) atoms. The summed E-state index contributed by atoms with van der Waals surface area (Å²) < 4.78 is 6.05. The maximum Gasteiger partial charge on any atom is 0.244 e. The molecule has 0 aliphatic carbocycles. The first-order chi connectivity index (χ1) is 12.7. The fourth-order valence-electron chi connectivity index (χ4n) is 3.28. The number of likely N-dealkylation sites (N-methyl/N-ethyl adjacent to an activating group) is 1. The second kappa shape index (κ2) is 6.92. The molecule has 3 heterocycles. The Balaban J connectivity index is 1.61. The predicted molar refractivity (Wildman–Crippen MR) is 103 cm³/mol. The number of anilines is 2. The smallest absolute Gasteiger partial charge is 0.244 e. The molecule has 1 saturated heterocycles. The highest BCUT2D eigenvalue weighted by molar-refractivity contribution is 5.98. The first kappa shape index (κ1) is 16.8. The molecule has 4 rings (SSSR count). The van der Waals surface area contributed by atoms with Gasteiger partial charge in [-0.05, 0) is 25.6 Å². The van der Waals surface area contributed by atoms with Gasteiger partial charge in [0.05, 0.1) is 5.69 Å². The van der Waals surface area contributed by atoms with E-state index in [1.54, 1.807) is 5.01 Å². The van der Waals surface area contributed by atoms with Crippen LogP contribution in [0.25, 0.3) is 0 Å². The van der Waals surface area contributed by atoms with E-state index in [-0.39, 0.29) is 0 Å². The zero-order valence-electron chi connectivity index (χ0n) is 15.5. The molecular weight excluding hydrogens is 328 g/mol. The largest absolute Gasteiger partial charge is 0.431 e. The first-order valence-electron chi connectivity index (χ1n) is 9.07. The SMILES string of the molecule is CCN1CCN(c2nc(C)c3c(n2)N(C)N=C(c2ccccc2)O3)CC1. The van der Waals surface area contributed by atoms with Crippen molar-refractivity contribution in [3.05, 3.63) is 41.6 Å². The van der Waals surface area contributed by atoms with Gasteiger partial charge in [0, 0.05) is 38.8 Å². The van der Waals surface area contributed by atoms with Crippen molar-refractivity contribution in [2.45, 2.75) is 13.8 Å². The predicted octanol–water partition coefficient (Wildman–Crippen LogP) is 2.12. The minimum Gasteiger partial charge on any atom is -0.431 e. The van der Waals surface area contributed by atoms with Crippen LogP contribution in [0.15, 0.2) is 35.4 Å². The molecule has 1 fully saturated rings. The lowest BCUT2D eigenvalue weighted by Crippen LogP contribution is -2.47. The summed E-state index contributed by atoms with van der Waals surface area (Å²) in [5.74, 6) is 2.71. The molecule has 1 aromatic carbocycles. The third kappa shape index (κ3) is 3.10. The van der Waals surface area contributed by atoms with Gasteiger partial charge in [0.25, 0.3) is 0 Å². The van der Waals surface area contributed by atoms with E-state index in [2.05, 4.69) is 21.8 Å². The molecule has 136 valence electrons. The van der Waals surface area contributed by atoms with Crippen LogP contribution in [0.5, 0.6) is 5.75 Å². The van der Waals surface area contributed by atoms with E-state index in [9.17, 15) is 0 Å². The molecule has 0 bridgehead atoms. The van der Waals surface area contributed by atoms with Crippen LogP contribution in [0, 0.1) is 6.92 Å². The van der Waals surface area contributed by atoms with Crippen LogP contribution in [-0.2, 0) is 0 Å². The maximum absolute atomic E-state index is 6.05. The molecule has 0 radical (unpaired) electrons. The summed E-state index contributed by atoms with van der Waals surface area (Å²) in [6, 6.07) is 9.88. The van der Waals surface area contributed by atoms with Crippen LogP contribution < -0.4 is 14.6 Å². The van der Waals surface area contributed by atoms with Crippen LogP contribution in [0.2, 0.25) is 0 Å². The van der Waals surface area contributed by atoms with E-state index in [0.717, 1.165) is 49.9 Å². The Hall–Kier alpha value is -2.67. The van der Waals surface area contributed by atoms with Crippen molar-refractivity contribution in [2.24, 2.45) is 5.10 Å². The summed E-state index contributed by atoms with van der Waals surface area (Å²) in [5.41, 5.74) is 1.77. The molecule has 2 aliphatic rings. The number of aromatic nitrogens is 2. The number of hydrogen-bond acceptors (Lipinski definition) is 7. The van der Waals surface area contributed by atoms with E-state index < -0.39 is 0 Å². The van der Waals surface area contributed by atoms with Gasteiger partial charge in [-0.25, -0.2) is 9.99 Å². The molecule has 0 unspecified atom stereocenters. The molecule has 2 aromatic rings. The summed E-state index contributed by atoms with van der Waals surface area (Å²) in [6.45, 7) is 9.21. The molecule has 0 spiro atoms. The van der Waals surface area contributed by atoms with Crippen LogP contribution in [-0.4, -0.2) is 60.5 Å². The molecule has 0 atom stereocenters. The monoisotopic (exact) mass is 352 g/mol. The average Bonchev–Trinajstić information content (AvgIpc) is 2.69. The molecule has 0 saturated carbocycles. The Kier molecular flexibility index (Phi) is 4.46. The van der Waals surface area contributed by atoms with E-state index >= 15 is 0 Å². The number of hydrazone groups is 1. The Labute approximate surface area is 153 Å². The van der Waals surface area contributed by atoms with E-state index in [0.29, 0.717) is 17.5 Å². The van der Waals surface area contributed by atoms with Gasteiger partial charge in [0.15, 0.2) is 11.6 Å².